The quantitative estimate of drug-likeness (QED) is 0.709. The third-order valence-electron chi connectivity index (χ3n) is 3.44. The van der Waals surface area contributed by atoms with Crippen molar-refractivity contribution in [2.24, 2.45) is 7.05 Å². The topological polar surface area (TPSA) is 112 Å². The Bertz CT molecular complexity index is 1000. The SMILES string of the molecule is Cc1ccc(S(=O)(=O)n2ccc(C(=O)NCc3cn(C)nn3)n2)cc1. The fourth-order valence-corrected chi connectivity index (χ4v) is 3.23. The highest BCUT2D eigenvalue weighted by Gasteiger charge is 2.20. The molecule has 0 atom stereocenters. The summed E-state index contributed by atoms with van der Waals surface area (Å²) in [6, 6.07) is 7.74. The second kappa shape index (κ2) is 6.48. The van der Waals surface area contributed by atoms with Crippen LogP contribution in [0.4, 0.5) is 0 Å². The fraction of sp³-hybridized carbons (Fsp3) is 0.200. The van der Waals surface area contributed by atoms with E-state index in [2.05, 4.69) is 20.7 Å². The molecule has 3 aromatic rings. The molecule has 2 heterocycles. The molecule has 10 heteroatoms. The lowest BCUT2D eigenvalue weighted by molar-refractivity contribution is 0.0945. The zero-order valence-corrected chi connectivity index (χ0v) is 14.4. The molecule has 1 aromatic carbocycles. The van der Waals surface area contributed by atoms with E-state index in [-0.39, 0.29) is 17.1 Å². The summed E-state index contributed by atoms with van der Waals surface area (Å²) in [7, 11) is -2.11. The third kappa shape index (κ3) is 3.58. The molecule has 130 valence electrons. The number of aryl methyl sites for hydroxylation is 2. The molecule has 0 aliphatic rings. The van der Waals surface area contributed by atoms with Crippen LogP contribution in [0.25, 0.3) is 0 Å². The number of amides is 1. The number of nitrogens with one attached hydrogen (secondary N) is 1. The average molecular weight is 360 g/mol. The van der Waals surface area contributed by atoms with E-state index in [1.807, 2.05) is 6.92 Å². The molecule has 9 nitrogen and oxygen atoms in total. The molecule has 1 amide bonds. The monoisotopic (exact) mass is 360 g/mol. The Morgan fingerprint density at radius 3 is 2.56 bits per heavy atom. The van der Waals surface area contributed by atoms with Gasteiger partial charge in [0, 0.05) is 19.4 Å². The largest absolute Gasteiger partial charge is 0.345 e. The van der Waals surface area contributed by atoms with Gasteiger partial charge in [-0.25, -0.2) is 0 Å². The maximum absolute atomic E-state index is 12.5. The van der Waals surface area contributed by atoms with E-state index in [0.29, 0.717) is 5.69 Å². The molecule has 0 saturated carbocycles. The lowest BCUT2D eigenvalue weighted by atomic mass is 10.2. The van der Waals surface area contributed by atoms with Crippen molar-refractivity contribution in [3.8, 4) is 0 Å². The van der Waals surface area contributed by atoms with Crippen LogP contribution in [0.1, 0.15) is 21.7 Å². The van der Waals surface area contributed by atoms with Crippen LogP contribution in [0.15, 0.2) is 47.6 Å². The van der Waals surface area contributed by atoms with Crippen LogP contribution < -0.4 is 5.32 Å². The highest BCUT2D eigenvalue weighted by atomic mass is 32.2. The first-order valence-electron chi connectivity index (χ1n) is 7.37. The van der Waals surface area contributed by atoms with Gasteiger partial charge in [-0.1, -0.05) is 22.9 Å². The Labute approximate surface area is 144 Å². The molecule has 0 unspecified atom stereocenters. The zero-order valence-electron chi connectivity index (χ0n) is 13.6. The summed E-state index contributed by atoms with van der Waals surface area (Å²) in [5, 5.41) is 14.1. The van der Waals surface area contributed by atoms with Crippen molar-refractivity contribution in [3.05, 3.63) is 59.7 Å². The molecule has 2 aromatic heterocycles. The molecular weight excluding hydrogens is 344 g/mol. The van der Waals surface area contributed by atoms with Gasteiger partial charge in [0.05, 0.1) is 11.4 Å². The summed E-state index contributed by atoms with van der Waals surface area (Å²) in [5.41, 5.74) is 1.53. The Hall–Kier alpha value is -3.01. The second-order valence-corrected chi connectivity index (χ2v) is 7.25. The summed E-state index contributed by atoms with van der Waals surface area (Å²) < 4.78 is 27.3. The summed E-state index contributed by atoms with van der Waals surface area (Å²) in [5.74, 6) is -0.497. The molecule has 1 N–H and O–H groups in total. The first-order chi connectivity index (χ1) is 11.9. The van der Waals surface area contributed by atoms with E-state index in [1.165, 1.54) is 29.1 Å². The van der Waals surface area contributed by atoms with E-state index in [4.69, 9.17) is 0 Å². The predicted molar refractivity (Wildman–Crippen MR) is 88.2 cm³/mol. The van der Waals surface area contributed by atoms with Gasteiger partial charge in [0.25, 0.3) is 15.9 Å². The number of rotatable bonds is 5. The number of aromatic nitrogens is 5. The van der Waals surface area contributed by atoms with Crippen molar-refractivity contribution in [1.82, 2.24) is 29.5 Å². The molecule has 0 radical (unpaired) electrons. The molecule has 25 heavy (non-hydrogen) atoms. The van der Waals surface area contributed by atoms with Gasteiger partial charge >= 0.3 is 0 Å². The summed E-state index contributed by atoms with van der Waals surface area (Å²) in [6.45, 7) is 2.04. The zero-order chi connectivity index (χ0) is 18.0. The summed E-state index contributed by atoms with van der Waals surface area (Å²) in [6.07, 6.45) is 2.91. The van der Waals surface area contributed by atoms with E-state index < -0.39 is 15.9 Å². The predicted octanol–water partition coefficient (Wildman–Crippen LogP) is 0.487. The fourth-order valence-electron chi connectivity index (χ4n) is 2.12. The van der Waals surface area contributed by atoms with Gasteiger partial charge in [0.1, 0.15) is 5.69 Å². The van der Waals surface area contributed by atoms with Gasteiger partial charge in [-0.05, 0) is 25.1 Å². The average Bonchev–Trinajstić information content (AvgIpc) is 3.22. The molecule has 0 saturated heterocycles. The Balaban J connectivity index is 1.75. The Kier molecular flexibility index (Phi) is 4.36. The first kappa shape index (κ1) is 16.8. The van der Waals surface area contributed by atoms with Crippen molar-refractivity contribution in [2.45, 2.75) is 18.4 Å². The Morgan fingerprint density at radius 1 is 1.20 bits per heavy atom. The minimum absolute atomic E-state index is 0.000392. The van der Waals surface area contributed by atoms with Crippen LogP contribution >= 0.6 is 0 Å². The van der Waals surface area contributed by atoms with Crippen molar-refractivity contribution >= 4 is 15.9 Å². The Morgan fingerprint density at radius 2 is 1.92 bits per heavy atom. The molecular formula is C15H16N6O3S. The van der Waals surface area contributed by atoms with E-state index >= 15 is 0 Å². The van der Waals surface area contributed by atoms with Crippen molar-refractivity contribution in [3.63, 3.8) is 0 Å². The number of hydrogen-bond donors (Lipinski definition) is 1. The number of carbonyl (C=O) groups is 1. The smallest absolute Gasteiger partial charge is 0.282 e. The summed E-state index contributed by atoms with van der Waals surface area (Å²) in [4.78, 5) is 12.2. The van der Waals surface area contributed by atoms with Crippen LogP contribution in [0.2, 0.25) is 0 Å². The normalized spacial score (nSPS) is 11.4. The standard InChI is InChI=1S/C15H16N6O3S/c1-11-3-5-13(6-4-11)25(23,24)21-8-7-14(18-21)15(22)16-9-12-10-20(2)19-17-12/h3-8,10H,9H2,1-2H3,(H,16,22). The van der Waals surface area contributed by atoms with Gasteiger partial charge in [-0.3, -0.25) is 9.48 Å². The lowest BCUT2D eigenvalue weighted by Gasteiger charge is -2.04. The molecule has 0 aliphatic heterocycles. The van der Waals surface area contributed by atoms with E-state index in [1.54, 1.807) is 25.4 Å². The van der Waals surface area contributed by atoms with Gasteiger partial charge in [0.2, 0.25) is 0 Å². The first-order valence-corrected chi connectivity index (χ1v) is 8.81. The van der Waals surface area contributed by atoms with Gasteiger partial charge in [-0.15, -0.1) is 5.10 Å². The van der Waals surface area contributed by atoms with Crippen LogP contribution in [0.3, 0.4) is 0 Å². The maximum Gasteiger partial charge on any atom is 0.282 e. The van der Waals surface area contributed by atoms with E-state index in [9.17, 15) is 13.2 Å². The summed E-state index contributed by atoms with van der Waals surface area (Å²) >= 11 is 0. The van der Waals surface area contributed by atoms with Gasteiger partial charge in [-0.2, -0.15) is 17.6 Å². The van der Waals surface area contributed by atoms with Crippen LogP contribution in [-0.4, -0.2) is 38.5 Å². The minimum atomic E-state index is -3.83. The number of nitrogens with zero attached hydrogens (tertiary/aromatic N) is 5. The maximum atomic E-state index is 12.5. The van der Waals surface area contributed by atoms with Crippen LogP contribution in [0.5, 0.6) is 0 Å². The molecule has 0 fully saturated rings. The second-order valence-electron chi connectivity index (χ2n) is 5.46. The number of hydrogen-bond acceptors (Lipinski definition) is 6. The molecule has 3 rings (SSSR count). The van der Waals surface area contributed by atoms with Crippen LogP contribution in [0, 0.1) is 6.92 Å². The third-order valence-corrected chi connectivity index (χ3v) is 5.01. The molecule has 0 bridgehead atoms. The number of benzene rings is 1. The highest BCUT2D eigenvalue weighted by Crippen LogP contribution is 2.14. The molecule has 0 spiro atoms. The van der Waals surface area contributed by atoms with Crippen molar-refractivity contribution < 1.29 is 13.2 Å². The lowest BCUT2D eigenvalue weighted by Crippen LogP contribution is -2.24. The number of carbonyl (C=O) groups excluding carboxylic acids is 1. The van der Waals surface area contributed by atoms with Gasteiger partial charge in [0.15, 0.2) is 5.69 Å². The minimum Gasteiger partial charge on any atom is -0.345 e. The van der Waals surface area contributed by atoms with Gasteiger partial charge < -0.3 is 5.32 Å². The molecule has 0 aliphatic carbocycles. The van der Waals surface area contributed by atoms with E-state index in [0.717, 1.165) is 9.65 Å². The van der Waals surface area contributed by atoms with Crippen LogP contribution in [-0.2, 0) is 23.6 Å². The highest BCUT2D eigenvalue weighted by molar-refractivity contribution is 7.89. The van der Waals surface area contributed by atoms with Crippen molar-refractivity contribution in [1.29, 1.82) is 0 Å². The van der Waals surface area contributed by atoms with Crippen molar-refractivity contribution in [2.75, 3.05) is 0 Å².